The van der Waals surface area contributed by atoms with Crippen LogP contribution in [0.15, 0.2) is 49.1 Å². The van der Waals surface area contributed by atoms with E-state index in [9.17, 15) is 4.79 Å². The van der Waals surface area contributed by atoms with E-state index in [1.807, 2.05) is 0 Å². The zero-order chi connectivity index (χ0) is 40.0. The molecule has 0 N–H and O–H groups in total. The molecule has 0 aliphatic carbocycles. The molecule has 0 aliphatic heterocycles. The van der Waals surface area contributed by atoms with E-state index in [4.69, 9.17) is 28.4 Å². The molecule has 0 aromatic heterocycles. The predicted molar refractivity (Wildman–Crippen MR) is 234 cm³/mol. The molecule has 0 heterocycles. The van der Waals surface area contributed by atoms with Crippen molar-refractivity contribution in [3.8, 4) is 34.5 Å². The second kappa shape index (κ2) is 25.2. The maximum Gasteiger partial charge on any atom is 0.208 e. The minimum absolute atomic E-state index is 0.00181. The van der Waals surface area contributed by atoms with Crippen molar-refractivity contribution in [3.05, 3.63) is 49.1 Å². The van der Waals surface area contributed by atoms with Crippen LogP contribution >= 0.6 is 0 Å². The quantitative estimate of drug-likeness (QED) is 0.0287. The molecule has 0 unspecified atom stereocenters. The molecule has 4 rings (SSSR count). The lowest BCUT2D eigenvalue weighted by Crippen LogP contribution is -2.10. The van der Waals surface area contributed by atoms with Crippen LogP contribution in [-0.4, -0.2) is 45.4 Å². The highest BCUT2D eigenvalue weighted by Gasteiger charge is 2.30. The number of hydrogen-bond donors (Lipinski definition) is 0. The highest BCUT2D eigenvalue weighted by atomic mass is 16.6. The summed E-state index contributed by atoms with van der Waals surface area (Å²) in [6.45, 7) is 17.7. The van der Waals surface area contributed by atoms with Gasteiger partial charge in [0.2, 0.25) is 11.5 Å². The number of ketones is 1. The van der Waals surface area contributed by atoms with Gasteiger partial charge in [0.25, 0.3) is 0 Å². The molecule has 0 spiro atoms. The Kier molecular flexibility index (Phi) is 20.1. The fourth-order valence-electron chi connectivity index (χ4n) is 7.08. The Morgan fingerprint density at radius 3 is 1.34 bits per heavy atom. The second-order valence-electron chi connectivity index (χ2n) is 14.8. The third-order valence-electron chi connectivity index (χ3n) is 10.2. The predicted octanol–water partition coefficient (Wildman–Crippen LogP) is 13.9. The molecule has 0 radical (unpaired) electrons. The molecule has 4 aromatic carbocycles. The van der Waals surface area contributed by atoms with E-state index in [-0.39, 0.29) is 5.78 Å². The first-order valence-electron chi connectivity index (χ1n) is 22.0. The number of unbranched alkanes of at least 4 members (excludes halogenated alkanes) is 10. The van der Waals surface area contributed by atoms with Crippen molar-refractivity contribution in [3.63, 3.8) is 0 Å². The zero-order valence-electron chi connectivity index (χ0n) is 35.4. The summed E-state index contributed by atoms with van der Waals surface area (Å²) in [7, 11) is 0. The third kappa shape index (κ3) is 12.2. The summed E-state index contributed by atoms with van der Waals surface area (Å²) in [4.78, 5) is 12.3. The Balaban J connectivity index is 2.17. The topological polar surface area (TPSA) is 72.5 Å². The number of rotatable bonds is 31. The third-order valence-corrected chi connectivity index (χ3v) is 10.2. The number of benzene rings is 4. The molecule has 0 bridgehead atoms. The monoisotopic (exact) mass is 771 g/mol. The smallest absolute Gasteiger partial charge is 0.208 e. The van der Waals surface area contributed by atoms with Gasteiger partial charge in [-0.1, -0.05) is 130 Å². The van der Waals surface area contributed by atoms with Crippen LogP contribution in [0, 0.1) is 0 Å². The second-order valence-corrected chi connectivity index (χ2v) is 14.8. The molecule has 0 saturated carbocycles. The van der Waals surface area contributed by atoms with Gasteiger partial charge in [-0.05, 0) is 72.9 Å². The highest BCUT2D eigenvalue weighted by Crippen LogP contribution is 2.58. The van der Waals surface area contributed by atoms with Gasteiger partial charge in [0, 0.05) is 22.6 Å². The fourth-order valence-corrected chi connectivity index (χ4v) is 7.08. The van der Waals surface area contributed by atoms with Crippen LogP contribution in [0.5, 0.6) is 34.5 Å². The Morgan fingerprint density at radius 2 is 0.839 bits per heavy atom. The maximum atomic E-state index is 12.3. The summed E-state index contributed by atoms with van der Waals surface area (Å²) in [5, 5.41) is 5.84. The lowest BCUT2D eigenvalue weighted by atomic mass is 9.91. The molecular weight excluding hydrogens is 701 g/mol. The van der Waals surface area contributed by atoms with Crippen LogP contribution in [0.1, 0.15) is 144 Å². The molecule has 4 aromatic rings. The molecule has 308 valence electrons. The van der Waals surface area contributed by atoms with Crippen LogP contribution in [0.3, 0.4) is 0 Å². The highest BCUT2D eigenvalue weighted by molar-refractivity contribution is 6.31. The van der Waals surface area contributed by atoms with Gasteiger partial charge in [0.05, 0.1) is 39.6 Å². The van der Waals surface area contributed by atoms with Crippen molar-refractivity contribution in [1.29, 1.82) is 0 Å². The van der Waals surface area contributed by atoms with E-state index in [1.165, 1.54) is 6.08 Å². The first kappa shape index (κ1) is 44.6. The molecule has 7 heteroatoms. The van der Waals surface area contributed by atoms with E-state index in [0.29, 0.717) is 75.5 Å². The van der Waals surface area contributed by atoms with Crippen molar-refractivity contribution in [2.24, 2.45) is 0 Å². The van der Waals surface area contributed by atoms with Crippen molar-refractivity contribution in [1.82, 2.24) is 0 Å². The van der Waals surface area contributed by atoms with E-state index < -0.39 is 0 Å². The summed E-state index contributed by atoms with van der Waals surface area (Å²) in [6.07, 6.45) is 17.7. The molecular formula is C49H70O7. The van der Waals surface area contributed by atoms with Crippen molar-refractivity contribution >= 4 is 38.1 Å². The van der Waals surface area contributed by atoms with Crippen molar-refractivity contribution in [2.45, 2.75) is 144 Å². The van der Waals surface area contributed by atoms with Gasteiger partial charge in [-0.25, -0.2) is 0 Å². The molecule has 0 fully saturated rings. The molecule has 0 amide bonds. The Labute approximate surface area is 337 Å². The van der Waals surface area contributed by atoms with Crippen molar-refractivity contribution < 1.29 is 33.2 Å². The number of carbonyl (C=O) groups excluding carboxylic acids is 1. The standard InChI is InChI=1S/C49H70O7/c1-7-13-20-31-51-41-30-29-40-38-27-18-19-28-39(38)43-44(42(40)45(41)52-32-21-14-8-2)47(53-33-22-15-9-3)49(56-35-24-17-11-5)48(55-34-23-16-10-4)46(43)54-36-25-26-37(50)12-6/h12,18-19,27-30H,6-11,13-17,20-26,31-36H2,1-5H3. The zero-order valence-corrected chi connectivity index (χ0v) is 35.4. The van der Waals surface area contributed by atoms with Crippen molar-refractivity contribution in [2.75, 3.05) is 39.6 Å². The van der Waals surface area contributed by atoms with Gasteiger partial charge in [-0.2, -0.15) is 0 Å². The maximum absolute atomic E-state index is 12.3. The summed E-state index contributed by atoms with van der Waals surface area (Å²) in [5.41, 5.74) is 0. The number of allylic oxidation sites excluding steroid dienone is 1. The number of ether oxygens (including phenoxy) is 6. The number of carbonyl (C=O) groups is 1. The number of hydrogen-bond acceptors (Lipinski definition) is 7. The Hall–Kier alpha value is -4.13. The summed E-state index contributed by atoms with van der Waals surface area (Å²) < 4.78 is 41.0. The molecule has 7 nitrogen and oxygen atoms in total. The van der Waals surface area contributed by atoms with Gasteiger partial charge in [0.1, 0.15) is 0 Å². The molecule has 0 atom stereocenters. The average Bonchev–Trinajstić information content (AvgIpc) is 3.22. The Bertz CT molecular complexity index is 1800. The van der Waals surface area contributed by atoms with Gasteiger partial charge in [-0.15, -0.1) is 0 Å². The molecule has 56 heavy (non-hydrogen) atoms. The molecule has 0 saturated heterocycles. The largest absolute Gasteiger partial charge is 0.490 e. The van der Waals surface area contributed by atoms with Crippen LogP contribution < -0.4 is 28.4 Å². The van der Waals surface area contributed by atoms with Crippen LogP contribution in [0.25, 0.3) is 32.3 Å². The normalized spacial score (nSPS) is 11.3. The van der Waals surface area contributed by atoms with E-state index in [2.05, 4.69) is 77.6 Å². The summed E-state index contributed by atoms with van der Waals surface area (Å²) in [6, 6.07) is 12.7. The summed E-state index contributed by atoms with van der Waals surface area (Å²) in [5.74, 6) is 3.85. The summed E-state index contributed by atoms with van der Waals surface area (Å²) >= 11 is 0. The van der Waals surface area contributed by atoms with Crippen LogP contribution in [0.4, 0.5) is 0 Å². The lowest BCUT2D eigenvalue weighted by molar-refractivity contribution is -0.114. The SMILES string of the molecule is C=CC(=O)CCCOc1c(OCCCCC)c(OCCCCC)c(OCCCCC)c2c3c(OCCCCC)c(OCCCCC)ccc3c3ccccc3c12. The lowest BCUT2D eigenvalue weighted by Gasteiger charge is -2.26. The van der Waals surface area contributed by atoms with Gasteiger partial charge in [0.15, 0.2) is 28.8 Å². The number of fused-ring (bicyclic) bond motifs is 6. The molecule has 0 aliphatic rings. The van der Waals surface area contributed by atoms with E-state index in [1.54, 1.807) is 0 Å². The van der Waals surface area contributed by atoms with Gasteiger partial charge >= 0.3 is 0 Å². The minimum atomic E-state index is -0.00181. The van der Waals surface area contributed by atoms with Gasteiger partial charge in [-0.3, -0.25) is 4.79 Å². The first-order chi connectivity index (χ1) is 27.6. The van der Waals surface area contributed by atoms with E-state index in [0.717, 1.165) is 140 Å². The van der Waals surface area contributed by atoms with E-state index >= 15 is 0 Å². The minimum Gasteiger partial charge on any atom is -0.490 e. The van der Waals surface area contributed by atoms with Crippen LogP contribution in [0.2, 0.25) is 0 Å². The average molecular weight is 771 g/mol. The first-order valence-corrected chi connectivity index (χ1v) is 22.0. The Morgan fingerprint density at radius 1 is 0.446 bits per heavy atom. The fraction of sp³-hybridized carbons (Fsp3) is 0.571. The van der Waals surface area contributed by atoms with Crippen LogP contribution in [-0.2, 0) is 4.79 Å². The van der Waals surface area contributed by atoms with Gasteiger partial charge < -0.3 is 28.4 Å².